The Bertz CT molecular complexity index is 582. The lowest BCUT2D eigenvalue weighted by molar-refractivity contribution is -0.0612. The maximum Gasteiger partial charge on any atom is 0.158 e. The Morgan fingerprint density at radius 3 is 2.68 bits per heavy atom. The fourth-order valence-corrected chi connectivity index (χ4v) is 2.76. The second kappa shape index (κ2) is 7.43. The first-order valence-corrected chi connectivity index (χ1v) is 7.77. The van der Waals surface area contributed by atoms with Gasteiger partial charge >= 0.3 is 0 Å². The van der Waals surface area contributed by atoms with Gasteiger partial charge in [0.25, 0.3) is 0 Å². The number of rotatable bonds is 6. The van der Waals surface area contributed by atoms with Crippen LogP contribution in [0.4, 0.5) is 0 Å². The van der Waals surface area contributed by atoms with Crippen molar-refractivity contribution in [3.8, 4) is 5.75 Å². The molecule has 2 unspecified atom stereocenters. The van der Waals surface area contributed by atoms with Gasteiger partial charge in [-0.05, 0) is 29.7 Å². The molecule has 3 rings (SSSR count). The third kappa shape index (κ3) is 4.09. The van der Waals surface area contributed by atoms with E-state index >= 15 is 0 Å². The Hall–Kier alpha value is -1.84. The first-order chi connectivity index (χ1) is 10.8. The molecule has 1 fully saturated rings. The van der Waals surface area contributed by atoms with Crippen LogP contribution in [0.3, 0.4) is 0 Å². The maximum atomic E-state index is 5.99. The Morgan fingerprint density at radius 2 is 1.86 bits per heavy atom. The summed E-state index contributed by atoms with van der Waals surface area (Å²) in [5, 5.41) is 0. The van der Waals surface area contributed by atoms with Crippen molar-refractivity contribution in [1.29, 1.82) is 0 Å². The summed E-state index contributed by atoms with van der Waals surface area (Å²) in [5.74, 6) is 0.896. The molecule has 3 heteroatoms. The summed E-state index contributed by atoms with van der Waals surface area (Å²) in [5.41, 5.74) is 2.54. The molecule has 1 aliphatic heterocycles. The number of hydrogen-bond donors (Lipinski definition) is 0. The normalized spacial score (nSPS) is 21.0. The lowest BCUT2D eigenvalue weighted by Crippen LogP contribution is -2.15. The lowest BCUT2D eigenvalue weighted by atomic mass is 10.1. The molecule has 116 valence electrons. The predicted molar refractivity (Wildman–Crippen MR) is 86.1 cm³/mol. The summed E-state index contributed by atoms with van der Waals surface area (Å²) in [6, 6.07) is 18.6. The number of methoxy groups -OCH3 is 1. The first-order valence-electron chi connectivity index (χ1n) is 7.77. The smallest absolute Gasteiger partial charge is 0.158 e. The van der Waals surface area contributed by atoms with Gasteiger partial charge in [-0.1, -0.05) is 42.5 Å². The van der Waals surface area contributed by atoms with Crippen molar-refractivity contribution in [1.82, 2.24) is 0 Å². The van der Waals surface area contributed by atoms with E-state index < -0.39 is 0 Å². The average molecular weight is 298 g/mol. The molecule has 0 radical (unpaired) electrons. The van der Waals surface area contributed by atoms with Crippen molar-refractivity contribution in [2.75, 3.05) is 13.7 Å². The Morgan fingerprint density at radius 1 is 1.05 bits per heavy atom. The Balaban J connectivity index is 1.46. The lowest BCUT2D eigenvalue weighted by Gasteiger charge is -2.12. The standard InChI is InChI=1S/C19H22O3/c1-20-17-9-5-8-16(12-17)10-11-19-21-14-18(22-19)13-15-6-3-2-4-7-15/h2-9,12,18-19H,10-11,13-14H2,1H3. The molecule has 0 bridgehead atoms. The van der Waals surface area contributed by atoms with E-state index in [1.807, 2.05) is 18.2 Å². The van der Waals surface area contributed by atoms with E-state index in [2.05, 4.69) is 36.4 Å². The number of ether oxygens (including phenoxy) is 3. The van der Waals surface area contributed by atoms with Crippen LogP contribution in [0.2, 0.25) is 0 Å². The highest BCUT2D eigenvalue weighted by molar-refractivity contribution is 5.28. The van der Waals surface area contributed by atoms with Crippen molar-refractivity contribution < 1.29 is 14.2 Å². The zero-order chi connectivity index (χ0) is 15.2. The van der Waals surface area contributed by atoms with Gasteiger partial charge in [0, 0.05) is 12.8 Å². The van der Waals surface area contributed by atoms with Crippen molar-refractivity contribution in [3.05, 3.63) is 65.7 Å². The molecule has 0 N–H and O–H groups in total. The highest BCUT2D eigenvalue weighted by atomic mass is 16.7. The summed E-state index contributed by atoms with van der Waals surface area (Å²) in [4.78, 5) is 0. The van der Waals surface area contributed by atoms with E-state index in [9.17, 15) is 0 Å². The summed E-state index contributed by atoms with van der Waals surface area (Å²) in [7, 11) is 1.69. The molecule has 0 aliphatic carbocycles. The molecule has 0 aromatic heterocycles. The van der Waals surface area contributed by atoms with Crippen LogP contribution in [-0.2, 0) is 22.3 Å². The van der Waals surface area contributed by atoms with Crippen LogP contribution in [0.1, 0.15) is 17.5 Å². The number of hydrogen-bond acceptors (Lipinski definition) is 3. The third-order valence-electron chi connectivity index (χ3n) is 3.92. The van der Waals surface area contributed by atoms with Crippen LogP contribution < -0.4 is 4.74 Å². The molecule has 2 aromatic carbocycles. The van der Waals surface area contributed by atoms with E-state index in [4.69, 9.17) is 14.2 Å². The third-order valence-corrected chi connectivity index (χ3v) is 3.92. The molecule has 1 saturated heterocycles. The molecule has 2 aromatic rings. The van der Waals surface area contributed by atoms with Gasteiger partial charge in [0.1, 0.15) is 5.75 Å². The highest BCUT2D eigenvalue weighted by Crippen LogP contribution is 2.21. The van der Waals surface area contributed by atoms with Crippen molar-refractivity contribution >= 4 is 0 Å². The Kier molecular flexibility index (Phi) is 5.09. The quantitative estimate of drug-likeness (QED) is 0.815. The van der Waals surface area contributed by atoms with E-state index in [0.29, 0.717) is 6.61 Å². The summed E-state index contributed by atoms with van der Waals surface area (Å²) < 4.78 is 17.0. The summed E-state index contributed by atoms with van der Waals surface area (Å²) in [6.07, 6.45) is 2.78. The van der Waals surface area contributed by atoms with E-state index in [0.717, 1.165) is 25.0 Å². The van der Waals surface area contributed by atoms with E-state index in [-0.39, 0.29) is 12.4 Å². The van der Waals surface area contributed by atoms with Crippen LogP contribution in [0.15, 0.2) is 54.6 Å². The Labute approximate surface area is 131 Å². The minimum Gasteiger partial charge on any atom is -0.497 e. The molecular weight excluding hydrogens is 276 g/mol. The van der Waals surface area contributed by atoms with Gasteiger partial charge in [-0.15, -0.1) is 0 Å². The fourth-order valence-electron chi connectivity index (χ4n) is 2.76. The zero-order valence-electron chi connectivity index (χ0n) is 12.9. The van der Waals surface area contributed by atoms with Crippen LogP contribution in [0, 0.1) is 0 Å². The first kappa shape index (κ1) is 15.1. The van der Waals surface area contributed by atoms with Crippen molar-refractivity contribution in [2.24, 2.45) is 0 Å². The second-order valence-corrected chi connectivity index (χ2v) is 5.60. The SMILES string of the molecule is COc1cccc(CCC2OCC(Cc3ccccc3)O2)c1. The molecule has 22 heavy (non-hydrogen) atoms. The number of benzene rings is 2. The molecule has 2 atom stereocenters. The van der Waals surface area contributed by atoms with Crippen molar-refractivity contribution in [2.45, 2.75) is 31.7 Å². The van der Waals surface area contributed by atoms with Crippen LogP contribution in [0.25, 0.3) is 0 Å². The molecule has 0 saturated carbocycles. The van der Waals surface area contributed by atoms with Gasteiger partial charge in [-0.2, -0.15) is 0 Å². The van der Waals surface area contributed by atoms with Gasteiger partial charge in [0.15, 0.2) is 6.29 Å². The molecule has 0 amide bonds. The number of aryl methyl sites for hydroxylation is 1. The van der Waals surface area contributed by atoms with Crippen LogP contribution >= 0.6 is 0 Å². The van der Waals surface area contributed by atoms with Gasteiger partial charge in [-0.3, -0.25) is 0 Å². The van der Waals surface area contributed by atoms with Crippen LogP contribution in [0.5, 0.6) is 5.75 Å². The molecule has 1 heterocycles. The average Bonchev–Trinajstić information content (AvgIpc) is 3.01. The maximum absolute atomic E-state index is 5.99. The molecule has 3 nitrogen and oxygen atoms in total. The van der Waals surface area contributed by atoms with Gasteiger partial charge in [-0.25, -0.2) is 0 Å². The predicted octanol–water partition coefficient (Wildman–Crippen LogP) is 3.61. The molecule has 1 aliphatic rings. The van der Waals surface area contributed by atoms with E-state index in [1.165, 1.54) is 11.1 Å². The zero-order valence-corrected chi connectivity index (χ0v) is 12.9. The minimum absolute atomic E-state index is 0.0973. The summed E-state index contributed by atoms with van der Waals surface area (Å²) in [6.45, 7) is 0.678. The highest BCUT2D eigenvalue weighted by Gasteiger charge is 2.25. The van der Waals surface area contributed by atoms with Gasteiger partial charge in [0.05, 0.1) is 19.8 Å². The topological polar surface area (TPSA) is 27.7 Å². The monoisotopic (exact) mass is 298 g/mol. The largest absolute Gasteiger partial charge is 0.497 e. The summed E-state index contributed by atoms with van der Waals surface area (Å²) >= 11 is 0. The van der Waals surface area contributed by atoms with Gasteiger partial charge in [0.2, 0.25) is 0 Å². The van der Waals surface area contributed by atoms with Gasteiger partial charge < -0.3 is 14.2 Å². The fraction of sp³-hybridized carbons (Fsp3) is 0.368. The minimum atomic E-state index is -0.0973. The molecular formula is C19H22O3. The molecule has 0 spiro atoms. The van der Waals surface area contributed by atoms with Crippen LogP contribution in [-0.4, -0.2) is 26.1 Å². The second-order valence-electron chi connectivity index (χ2n) is 5.60. The van der Waals surface area contributed by atoms with E-state index in [1.54, 1.807) is 7.11 Å². The van der Waals surface area contributed by atoms with Crippen molar-refractivity contribution in [3.63, 3.8) is 0 Å².